The topological polar surface area (TPSA) is 102 Å². The maximum absolute atomic E-state index is 12.1. The van der Waals surface area contributed by atoms with Crippen LogP contribution in [0.3, 0.4) is 0 Å². The number of carbonyl (C=O) groups is 1. The lowest BCUT2D eigenvalue weighted by Crippen LogP contribution is -2.23. The minimum Gasteiger partial charge on any atom is -0.508 e. The molecule has 0 bridgehead atoms. The molecule has 1 aliphatic carbocycles. The number of ketones is 1. The van der Waals surface area contributed by atoms with Crippen molar-refractivity contribution in [3.8, 4) is 17.2 Å². The Bertz CT molecular complexity index is 944. The summed E-state index contributed by atoms with van der Waals surface area (Å²) >= 11 is 0. The number of phenols is 3. The van der Waals surface area contributed by atoms with Gasteiger partial charge in [-0.1, -0.05) is 0 Å². The number of allylic oxidation sites excluding steroid dienone is 2. The van der Waals surface area contributed by atoms with E-state index in [2.05, 4.69) is 10.6 Å². The second-order valence-corrected chi connectivity index (χ2v) is 5.74. The number of rotatable bonds is 1. The molecule has 24 heavy (non-hydrogen) atoms. The standard InChI is InChI=1S/C18H14N2O4/c21-9-2-4-14-15(6-9)19-16-7-11(23)5-13(18(16)20-14)12-3-1-10(22)8-17(12)24/h1-4,6-8,19-22,24H,5H2. The number of nitrogens with one attached hydrogen (secondary N) is 2. The lowest BCUT2D eigenvalue weighted by atomic mass is 9.90. The van der Waals surface area contributed by atoms with Gasteiger partial charge in [0.25, 0.3) is 0 Å². The van der Waals surface area contributed by atoms with Gasteiger partial charge in [-0.25, -0.2) is 0 Å². The number of carbonyl (C=O) groups excluding carboxylic acids is 1. The zero-order valence-corrected chi connectivity index (χ0v) is 12.5. The molecule has 0 atom stereocenters. The average Bonchev–Trinajstić information content (AvgIpc) is 2.52. The molecule has 1 aliphatic heterocycles. The van der Waals surface area contributed by atoms with Gasteiger partial charge in [-0.15, -0.1) is 0 Å². The second kappa shape index (κ2) is 5.06. The van der Waals surface area contributed by atoms with Gasteiger partial charge in [0.2, 0.25) is 0 Å². The van der Waals surface area contributed by atoms with Crippen LogP contribution in [0, 0.1) is 0 Å². The number of anilines is 2. The number of benzene rings is 2. The van der Waals surface area contributed by atoms with Gasteiger partial charge in [0.05, 0.1) is 22.8 Å². The molecular formula is C18H14N2O4. The third kappa shape index (κ3) is 2.25. The molecule has 0 saturated heterocycles. The van der Waals surface area contributed by atoms with E-state index in [1.54, 1.807) is 24.3 Å². The summed E-state index contributed by atoms with van der Waals surface area (Å²) in [7, 11) is 0. The lowest BCUT2D eigenvalue weighted by Gasteiger charge is -2.30. The van der Waals surface area contributed by atoms with Crippen LogP contribution >= 0.6 is 0 Å². The first-order valence-electron chi connectivity index (χ1n) is 7.39. The first kappa shape index (κ1) is 14.2. The summed E-state index contributed by atoms with van der Waals surface area (Å²) in [6.07, 6.45) is 1.63. The maximum Gasteiger partial charge on any atom is 0.162 e. The molecule has 2 aromatic rings. The van der Waals surface area contributed by atoms with Crippen molar-refractivity contribution in [2.24, 2.45) is 0 Å². The summed E-state index contributed by atoms with van der Waals surface area (Å²) in [5, 5.41) is 35.6. The van der Waals surface area contributed by atoms with Crippen molar-refractivity contribution in [1.29, 1.82) is 0 Å². The number of aromatic hydroxyl groups is 3. The Balaban J connectivity index is 1.88. The predicted octanol–water partition coefficient (Wildman–Crippen LogP) is 2.91. The van der Waals surface area contributed by atoms with E-state index < -0.39 is 0 Å². The highest BCUT2D eigenvalue weighted by atomic mass is 16.3. The number of hydrogen-bond acceptors (Lipinski definition) is 6. The molecule has 6 nitrogen and oxygen atoms in total. The molecule has 0 aromatic heterocycles. The molecule has 0 saturated carbocycles. The average molecular weight is 322 g/mol. The van der Waals surface area contributed by atoms with E-state index in [0.717, 1.165) is 5.69 Å². The molecule has 5 N–H and O–H groups in total. The Hall–Kier alpha value is -3.41. The zero-order valence-electron chi connectivity index (χ0n) is 12.5. The summed E-state index contributed by atoms with van der Waals surface area (Å²) in [5.74, 6) is -0.121. The number of fused-ring (bicyclic) bond motifs is 2. The van der Waals surface area contributed by atoms with Crippen LogP contribution in [0.15, 0.2) is 53.9 Å². The van der Waals surface area contributed by atoms with E-state index in [1.807, 2.05) is 0 Å². The van der Waals surface area contributed by atoms with Gasteiger partial charge in [0.15, 0.2) is 5.78 Å². The smallest absolute Gasteiger partial charge is 0.162 e. The molecule has 0 unspecified atom stereocenters. The van der Waals surface area contributed by atoms with Crippen molar-refractivity contribution in [2.75, 3.05) is 10.6 Å². The molecule has 4 rings (SSSR count). The van der Waals surface area contributed by atoms with E-state index in [4.69, 9.17) is 0 Å². The molecular weight excluding hydrogens is 308 g/mol. The van der Waals surface area contributed by atoms with Crippen molar-refractivity contribution in [3.05, 3.63) is 59.4 Å². The van der Waals surface area contributed by atoms with E-state index >= 15 is 0 Å². The largest absolute Gasteiger partial charge is 0.508 e. The van der Waals surface area contributed by atoms with E-state index in [0.29, 0.717) is 28.2 Å². The third-order valence-corrected chi connectivity index (χ3v) is 4.07. The summed E-state index contributed by atoms with van der Waals surface area (Å²) in [5.41, 5.74) is 3.80. The van der Waals surface area contributed by atoms with Gasteiger partial charge in [0.1, 0.15) is 17.2 Å². The summed E-state index contributed by atoms with van der Waals surface area (Å²) in [6.45, 7) is 0. The van der Waals surface area contributed by atoms with E-state index in [1.165, 1.54) is 18.2 Å². The Morgan fingerprint density at radius 2 is 1.62 bits per heavy atom. The predicted molar refractivity (Wildman–Crippen MR) is 89.8 cm³/mol. The first-order valence-corrected chi connectivity index (χ1v) is 7.39. The fourth-order valence-corrected chi connectivity index (χ4v) is 2.98. The van der Waals surface area contributed by atoms with Gasteiger partial charge < -0.3 is 26.0 Å². The van der Waals surface area contributed by atoms with Crippen molar-refractivity contribution in [3.63, 3.8) is 0 Å². The van der Waals surface area contributed by atoms with E-state index in [9.17, 15) is 20.1 Å². The Morgan fingerprint density at radius 1 is 0.875 bits per heavy atom. The van der Waals surface area contributed by atoms with Gasteiger partial charge in [-0.2, -0.15) is 0 Å². The third-order valence-electron chi connectivity index (χ3n) is 4.07. The summed E-state index contributed by atoms with van der Waals surface area (Å²) < 4.78 is 0. The van der Waals surface area contributed by atoms with Crippen LogP contribution < -0.4 is 10.6 Å². The molecule has 1 heterocycles. The monoisotopic (exact) mass is 322 g/mol. The van der Waals surface area contributed by atoms with Crippen molar-refractivity contribution < 1.29 is 20.1 Å². The van der Waals surface area contributed by atoms with Crippen LogP contribution in [-0.4, -0.2) is 21.1 Å². The van der Waals surface area contributed by atoms with Crippen LogP contribution in [0.4, 0.5) is 11.4 Å². The second-order valence-electron chi connectivity index (χ2n) is 5.74. The molecule has 0 radical (unpaired) electrons. The molecule has 0 spiro atoms. The van der Waals surface area contributed by atoms with Gasteiger partial charge >= 0.3 is 0 Å². The van der Waals surface area contributed by atoms with Crippen molar-refractivity contribution in [1.82, 2.24) is 0 Å². The van der Waals surface area contributed by atoms with Crippen LogP contribution in [-0.2, 0) is 4.79 Å². The van der Waals surface area contributed by atoms with Crippen LogP contribution in [0.5, 0.6) is 17.2 Å². The van der Waals surface area contributed by atoms with Crippen molar-refractivity contribution >= 4 is 22.7 Å². The quantitative estimate of drug-likeness (QED) is 0.518. The van der Waals surface area contributed by atoms with Crippen LogP contribution in [0.1, 0.15) is 12.0 Å². The highest BCUT2D eigenvalue weighted by Crippen LogP contribution is 2.42. The molecule has 2 aliphatic rings. The Labute approximate surface area is 137 Å². The summed E-state index contributed by atoms with van der Waals surface area (Å²) in [6, 6.07) is 9.15. The van der Waals surface area contributed by atoms with Gasteiger partial charge in [0, 0.05) is 30.2 Å². The fourth-order valence-electron chi connectivity index (χ4n) is 2.98. The Kier molecular flexibility index (Phi) is 2.99. The van der Waals surface area contributed by atoms with Crippen molar-refractivity contribution in [2.45, 2.75) is 6.42 Å². The highest BCUT2D eigenvalue weighted by Gasteiger charge is 2.27. The molecule has 0 amide bonds. The molecule has 6 heteroatoms. The molecule has 120 valence electrons. The fraction of sp³-hybridized carbons (Fsp3) is 0.0556. The van der Waals surface area contributed by atoms with Crippen LogP contribution in [0.2, 0.25) is 0 Å². The number of phenolic OH excluding ortho intramolecular Hbond substituents is 3. The normalized spacial score (nSPS) is 15.8. The minimum atomic E-state index is -0.103. The maximum atomic E-state index is 12.1. The first-order chi connectivity index (χ1) is 11.5. The lowest BCUT2D eigenvalue weighted by molar-refractivity contribution is -0.113. The summed E-state index contributed by atoms with van der Waals surface area (Å²) in [4.78, 5) is 12.1. The Morgan fingerprint density at radius 3 is 2.42 bits per heavy atom. The number of hydrogen-bond donors (Lipinski definition) is 5. The minimum absolute atomic E-state index is 0.0460. The highest BCUT2D eigenvalue weighted by molar-refractivity contribution is 6.06. The molecule has 2 aromatic carbocycles. The van der Waals surface area contributed by atoms with Gasteiger partial charge in [-0.3, -0.25) is 4.79 Å². The zero-order chi connectivity index (χ0) is 16.8. The molecule has 0 fully saturated rings. The van der Waals surface area contributed by atoms with Gasteiger partial charge in [-0.05, 0) is 29.8 Å². The van der Waals surface area contributed by atoms with E-state index in [-0.39, 0.29) is 29.5 Å². The van der Waals surface area contributed by atoms with Crippen LogP contribution in [0.25, 0.3) is 5.57 Å². The SMILES string of the molecule is O=C1C=C2Nc3cc(O)ccc3NC2=C(c2ccc(O)cc2O)C1.